The van der Waals surface area contributed by atoms with Gasteiger partial charge in [-0.3, -0.25) is 4.79 Å². The van der Waals surface area contributed by atoms with E-state index in [0.29, 0.717) is 22.5 Å². The Morgan fingerprint density at radius 1 is 1.12 bits per heavy atom. The first-order chi connectivity index (χ1) is 11.4. The van der Waals surface area contributed by atoms with Crippen molar-refractivity contribution in [2.75, 3.05) is 7.11 Å². The molecule has 5 heteroatoms. The molecule has 24 heavy (non-hydrogen) atoms. The van der Waals surface area contributed by atoms with E-state index in [2.05, 4.69) is 24.0 Å². The van der Waals surface area contributed by atoms with Crippen LogP contribution in [0, 0.1) is 13.8 Å². The summed E-state index contributed by atoms with van der Waals surface area (Å²) in [6.07, 6.45) is 0. The number of carbonyl (C=O) groups is 2. The summed E-state index contributed by atoms with van der Waals surface area (Å²) in [6.45, 7) is 7.51. The Morgan fingerprint density at radius 3 is 2.33 bits per heavy atom. The van der Waals surface area contributed by atoms with E-state index in [0.717, 1.165) is 0 Å². The molecular formula is C19H25N2O3+. The van der Waals surface area contributed by atoms with Gasteiger partial charge in [0, 0.05) is 11.3 Å². The molecule has 0 aliphatic rings. The lowest BCUT2D eigenvalue weighted by Gasteiger charge is -2.16. The normalized spacial score (nSPS) is 13.4. The summed E-state index contributed by atoms with van der Waals surface area (Å²) in [7, 11) is 1.34. The summed E-state index contributed by atoms with van der Waals surface area (Å²) in [4.78, 5) is 27.7. The number of hydrogen-bond acceptors (Lipinski definition) is 3. The fraction of sp³-hybridized carbons (Fsp3) is 0.368. The highest BCUT2D eigenvalue weighted by atomic mass is 16.5. The van der Waals surface area contributed by atoms with Crippen LogP contribution in [0.2, 0.25) is 0 Å². The Bertz CT molecular complexity index is 735. The minimum Gasteiger partial charge on any atom is -0.465 e. The molecule has 0 fully saturated rings. The molecule has 0 saturated carbocycles. The van der Waals surface area contributed by atoms with Crippen molar-refractivity contribution in [3.63, 3.8) is 0 Å². The Morgan fingerprint density at radius 2 is 1.75 bits per heavy atom. The lowest BCUT2D eigenvalue weighted by molar-refractivity contribution is -0.709. The second kappa shape index (κ2) is 7.45. The Kier molecular flexibility index (Phi) is 5.57. The first-order valence-corrected chi connectivity index (χ1v) is 8.08. The third kappa shape index (κ3) is 3.57. The molecule has 1 aromatic heterocycles. The van der Waals surface area contributed by atoms with Gasteiger partial charge in [0.15, 0.2) is 0 Å². The molecule has 0 bridgehead atoms. The molecule has 1 aromatic carbocycles. The summed E-state index contributed by atoms with van der Waals surface area (Å²) in [5, 5.41) is 2.03. The largest absolute Gasteiger partial charge is 0.465 e. The van der Waals surface area contributed by atoms with Crippen LogP contribution < -0.4 is 5.32 Å². The Hall–Kier alpha value is -2.40. The van der Waals surface area contributed by atoms with Gasteiger partial charge in [0.1, 0.15) is 12.1 Å². The van der Waals surface area contributed by atoms with Crippen LogP contribution in [-0.4, -0.2) is 29.9 Å². The van der Waals surface area contributed by atoms with Crippen molar-refractivity contribution in [2.24, 2.45) is 0 Å². The molecule has 2 atom stereocenters. The maximum absolute atomic E-state index is 12.8. The molecule has 0 spiro atoms. The zero-order chi connectivity index (χ0) is 17.9. The van der Waals surface area contributed by atoms with E-state index in [4.69, 9.17) is 4.74 Å². The third-order valence-electron chi connectivity index (χ3n) is 4.39. The van der Waals surface area contributed by atoms with Gasteiger partial charge in [-0.05, 0) is 33.3 Å². The predicted molar refractivity (Wildman–Crippen MR) is 92.2 cm³/mol. The van der Waals surface area contributed by atoms with E-state index >= 15 is 0 Å². The summed E-state index contributed by atoms with van der Waals surface area (Å²) < 4.78 is 4.80. The van der Waals surface area contributed by atoms with Gasteiger partial charge in [-0.25, -0.2) is 4.79 Å². The number of esters is 1. The fourth-order valence-electron chi connectivity index (χ4n) is 3.02. The minimum atomic E-state index is -0.422. The van der Waals surface area contributed by atoms with Crippen LogP contribution in [-0.2, 0) is 4.74 Å². The summed E-state index contributed by atoms with van der Waals surface area (Å²) in [5.74, 6) is -0.442. The number of rotatable bonds is 6. The lowest BCUT2D eigenvalue weighted by atomic mass is 10.0. The van der Waals surface area contributed by atoms with Crippen LogP contribution in [0.4, 0.5) is 0 Å². The second-order valence-corrected chi connectivity index (χ2v) is 6.16. The van der Waals surface area contributed by atoms with Crippen molar-refractivity contribution in [3.8, 4) is 0 Å². The van der Waals surface area contributed by atoms with E-state index in [9.17, 15) is 9.59 Å². The molecule has 128 valence electrons. The topological polar surface area (TPSA) is 75.8 Å². The number of aromatic amines is 1. The number of ketones is 1. The van der Waals surface area contributed by atoms with E-state index in [1.807, 2.05) is 30.4 Å². The van der Waals surface area contributed by atoms with E-state index in [-0.39, 0.29) is 17.9 Å². The molecule has 0 amide bonds. The van der Waals surface area contributed by atoms with Crippen molar-refractivity contribution in [1.82, 2.24) is 4.98 Å². The van der Waals surface area contributed by atoms with Gasteiger partial charge >= 0.3 is 5.97 Å². The highest BCUT2D eigenvalue weighted by Crippen LogP contribution is 2.20. The highest BCUT2D eigenvalue weighted by Gasteiger charge is 2.28. The molecular weight excluding hydrogens is 304 g/mol. The van der Waals surface area contributed by atoms with E-state index in [1.165, 1.54) is 12.7 Å². The monoisotopic (exact) mass is 329 g/mol. The van der Waals surface area contributed by atoms with E-state index < -0.39 is 5.97 Å². The lowest BCUT2D eigenvalue weighted by Crippen LogP contribution is -2.91. The minimum absolute atomic E-state index is 0.0199. The smallest absolute Gasteiger partial charge is 0.339 e. The van der Waals surface area contributed by atoms with Gasteiger partial charge in [-0.2, -0.15) is 0 Å². The maximum atomic E-state index is 12.8. The molecule has 0 radical (unpaired) electrons. The van der Waals surface area contributed by atoms with Crippen LogP contribution in [0.15, 0.2) is 30.3 Å². The molecule has 0 aliphatic heterocycles. The summed E-state index contributed by atoms with van der Waals surface area (Å²) >= 11 is 0. The molecule has 2 rings (SSSR count). The molecule has 3 N–H and O–H groups in total. The number of nitrogens with two attached hydrogens (primary N) is 1. The standard InChI is InChI=1S/C19H24N2O3/c1-11-16(19(23)24-5)13(3)21-17(11)18(22)14(4)20-12(2)15-9-7-6-8-10-15/h6-10,12,14,20-21H,1-5H3/p+1/t12-,14-/m0/s1. The van der Waals surface area contributed by atoms with Crippen LogP contribution in [0.25, 0.3) is 0 Å². The third-order valence-corrected chi connectivity index (χ3v) is 4.39. The number of Topliss-reactive ketones (excluding diaryl/α,β-unsaturated/α-hetero) is 1. The summed E-state index contributed by atoms with van der Waals surface area (Å²) in [5.41, 5.74) is 3.41. The van der Waals surface area contributed by atoms with Crippen molar-refractivity contribution >= 4 is 11.8 Å². The predicted octanol–water partition coefficient (Wildman–Crippen LogP) is 2.31. The zero-order valence-corrected chi connectivity index (χ0v) is 14.8. The van der Waals surface area contributed by atoms with Crippen LogP contribution in [0.3, 0.4) is 0 Å². The fourth-order valence-corrected chi connectivity index (χ4v) is 3.02. The molecule has 0 unspecified atom stereocenters. The first-order valence-electron chi connectivity index (χ1n) is 8.08. The maximum Gasteiger partial charge on any atom is 0.339 e. The summed E-state index contributed by atoms with van der Waals surface area (Å²) in [6, 6.07) is 9.98. The van der Waals surface area contributed by atoms with Crippen molar-refractivity contribution in [1.29, 1.82) is 0 Å². The molecule has 0 saturated heterocycles. The number of carbonyl (C=O) groups excluding carboxylic acids is 2. The average molecular weight is 329 g/mol. The van der Waals surface area contributed by atoms with Gasteiger partial charge in [-0.15, -0.1) is 0 Å². The van der Waals surface area contributed by atoms with Crippen LogP contribution in [0.1, 0.15) is 57.6 Å². The van der Waals surface area contributed by atoms with Gasteiger partial charge in [0.25, 0.3) is 0 Å². The Labute approximate surface area is 142 Å². The van der Waals surface area contributed by atoms with Crippen LogP contribution >= 0.6 is 0 Å². The van der Waals surface area contributed by atoms with Gasteiger partial charge in [-0.1, -0.05) is 30.3 Å². The number of H-pyrrole nitrogens is 1. The first kappa shape index (κ1) is 17.9. The number of benzene rings is 1. The van der Waals surface area contributed by atoms with Crippen LogP contribution in [0.5, 0.6) is 0 Å². The number of hydrogen-bond donors (Lipinski definition) is 2. The van der Waals surface area contributed by atoms with Crippen molar-refractivity contribution in [3.05, 3.63) is 58.4 Å². The quantitative estimate of drug-likeness (QED) is 0.631. The number of quaternary nitrogens is 1. The Balaban J connectivity index is 2.18. The number of ether oxygens (including phenoxy) is 1. The number of nitrogens with one attached hydrogen (secondary N) is 1. The molecule has 0 aliphatic carbocycles. The number of methoxy groups -OCH3 is 1. The van der Waals surface area contributed by atoms with Crippen molar-refractivity contribution in [2.45, 2.75) is 39.8 Å². The molecule has 5 nitrogen and oxygen atoms in total. The van der Waals surface area contributed by atoms with Gasteiger partial charge in [0.05, 0.1) is 18.4 Å². The average Bonchev–Trinajstić information content (AvgIpc) is 2.88. The molecule has 1 heterocycles. The number of aryl methyl sites for hydroxylation is 1. The SMILES string of the molecule is COC(=O)c1c(C)[nH]c(C(=O)[C@H](C)[NH2+][C@@H](C)c2ccccc2)c1C. The number of aromatic nitrogens is 1. The zero-order valence-electron chi connectivity index (χ0n) is 14.8. The molecule has 2 aromatic rings. The highest BCUT2D eigenvalue weighted by molar-refractivity contribution is 6.03. The van der Waals surface area contributed by atoms with Gasteiger partial charge in [0.2, 0.25) is 5.78 Å². The van der Waals surface area contributed by atoms with Gasteiger partial charge < -0.3 is 15.0 Å². The van der Waals surface area contributed by atoms with E-state index in [1.54, 1.807) is 13.8 Å². The second-order valence-electron chi connectivity index (χ2n) is 6.16. The van der Waals surface area contributed by atoms with Crippen molar-refractivity contribution < 1.29 is 19.6 Å².